The lowest BCUT2D eigenvalue weighted by molar-refractivity contribution is -0.145. The minimum Gasteiger partial charge on any atom is -0.463 e. The van der Waals surface area contributed by atoms with Crippen molar-refractivity contribution >= 4 is 17.8 Å². The first-order valence-corrected chi connectivity index (χ1v) is 12.6. The average molecular weight is 485 g/mol. The number of amides is 2. The predicted octanol–water partition coefficient (Wildman–Crippen LogP) is 3.57. The summed E-state index contributed by atoms with van der Waals surface area (Å²) in [6.07, 6.45) is 8.82. The van der Waals surface area contributed by atoms with E-state index >= 15 is 0 Å². The highest BCUT2D eigenvalue weighted by atomic mass is 16.5. The van der Waals surface area contributed by atoms with Crippen molar-refractivity contribution in [3.63, 3.8) is 0 Å². The fraction of sp³-hybridized carbons (Fsp3) is 0.536. The van der Waals surface area contributed by atoms with Crippen molar-refractivity contribution in [2.45, 2.75) is 69.9 Å². The van der Waals surface area contributed by atoms with Crippen molar-refractivity contribution in [1.82, 2.24) is 10.2 Å². The van der Waals surface area contributed by atoms with Gasteiger partial charge in [-0.25, -0.2) is 0 Å². The molecule has 0 aromatic heterocycles. The Kier molecular flexibility index (Phi) is 12.8. The molecule has 1 aromatic rings. The van der Waals surface area contributed by atoms with E-state index in [4.69, 9.17) is 4.74 Å². The van der Waals surface area contributed by atoms with Crippen LogP contribution in [-0.2, 0) is 25.5 Å². The Morgan fingerprint density at radius 2 is 1.94 bits per heavy atom. The van der Waals surface area contributed by atoms with Gasteiger partial charge in [-0.15, -0.1) is 13.2 Å². The number of rotatable bonds is 16. The summed E-state index contributed by atoms with van der Waals surface area (Å²) in [5, 5.41) is 12.5. The summed E-state index contributed by atoms with van der Waals surface area (Å²) in [4.78, 5) is 39.9. The van der Waals surface area contributed by atoms with Gasteiger partial charge in [-0.3, -0.25) is 14.4 Å². The normalized spacial score (nSPS) is 16.8. The zero-order valence-electron chi connectivity index (χ0n) is 20.7. The summed E-state index contributed by atoms with van der Waals surface area (Å²) in [7, 11) is 0. The summed E-state index contributed by atoms with van der Waals surface area (Å²) in [6.45, 7) is 8.03. The Morgan fingerprint density at radius 3 is 2.63 bits per heavy atom. The number of allylic oxidation sites excluding steroid dienone is 2. The number of carbonyl (C=O) groups excluding carboxylic acids is 3. The van der Waals surface area contributed by atoms with Crippen LogP contribution < -0.4 is 5.32 Å². The molecule has 2 rings (SSSR count). The third-order valence-electron chi connectivity index (χ3n) is 6.31. The van der Waals surface area contributed by atoms with E-state index in [0.29, 0.717) is 25.8 Å². The smallest absolute Gasteiger partial charge is 0.305 e. The van der Waals surface area contributed by atoms with Crippen molar-refractivity contribution in [3.8, 4) is 0 Å². The number of esters is 1. The molecule has 0 bridgehead atoms. The number of nitrogens with zero attached hydrogens (tertiary/aromatic N) is 1. The van der Waals surface area contributed by atoms with Gasteiger partial charge >= 0.3 is 5.97 Å². The average Bonchev–Trinajstić information content (AvgIpc) is 3.34. The van der Waals surface area contributed by atoms with Crippen LogP contribution in [0.3, 0.4) is 0 Å². The Bertz CT molecular complexity index is 826. The molecule has 0 radical (unpaired) electrons. The van der Waals surface area contributed by atoms with E-state index in [0.717, 1.165) is 37.7 Å². The van der Waals surface area contributed by atoms with Crippen LogP contribution in [0.4, 0.5) is 0 Å². The monoisotopic (exact) mass is 484 g/mol. The van der Waals surface area contributed by atoms with E-state index in [2.05, 4.69) is 18.5 Å². The molecule has 1 aliphatic heterocycles. The minimum absolute atomic E-state index is 0.0511. The lowest BCUT2D eigenvalue weighted by atomic mass is 9.98. The molecule has 3 atom stereocenters. The van der Waals surface area contributed by atoms with E-state index in [-0.39, 0.29) is 43.5 Å². The Labute approximate surface area is 209 Å². The van der Waals surface area contributed by atoms with Crippen LogP contribution in [0.5, 0.6) is 0 Å². The predicted molar refractivity (Wildman–Crippen MR) is 136 cm³/mol. The minimum atomic E-state index is -0.576. The number of aliphatic hydroxyl groups excluding tert-OH is 1. The third kappa shape index (κ3) is 10.1. The van der Waals surface area contributed by atoms with Crippen LogP contribution >= 0.6 is 0 Å². The number of nitrogens with one attached hydrogen (secondary N) is 1. The largest absolute Gasteiger partial charge is 0.463 e. The third-order valence-corrected chi connectivity index (χ3v) is 6.31. The van der Waals surface area contributed by atoms with Gasteiger partial charge in [0.25, 0.3) is 0 Å². The highest BCUT2D eigenvalue weighted by Gasteiger charge is 2.31. The summed E-state index contributed by atoms with van der Waals surface area (Å²) < 4.78 is 5.49. The first-order valence-electron chi connectivity index (χ1n) is 12.6. The number of likely N-dealkylation sites (tertiary alicyclic amines) is 1. The van der Waals surface area contributed by atoms with Crippen molar-refractivity contribution < 1.29 is 24.2 Å². The standard InChI is InChI=1S/C28H40N2O5/c1-3-5-6-10-16-27(33)35-21-24(18-22-13-8-7-9-14-22)29-28(34)23(12-4-2)19-26(32)30-17-11-15-25(30)20-31/h3-4,7-9,13-14,23-25,31H,1-2,5-6,10-12,15-21H2,(H,29,34)/t23-,24+,25+/m1/s1. The van der Waals surface area contributed by atoms with Gasteiger partial charge in [0, 0.05) is 19.4 Å². The van der Waals surface area contributed by atoms with Gasteiger partial charge in [-0.2, -0.15) is 0 Å². The van der Waals surface area contributed by atoms with Crippen LogP contribution in [0.1, 0.15) is 56.9 Å². The first kappa shape index (κ1) is 28.3. The number of benzene rings is 1. The summed E-state index contributed by atoms with van der Waals surface area (Å²) in [6, 6.07) is 9.10. The van der Waals surface area contributed by atoms with E-state index in [1.807, 2.05) is 36.4 Å². The summed E-state index contributed by atoms with van der Waals surface area (Å²) in [5.74, 6) is -1.26. The number of unbranched alkanes of at least 4 members (excludes halogenated alkanes) is 2. The maximum absolute atomic E-state index is 13.2. The molecule has 7 heteroatoms. The maximum Gasteiger partial charge on any atom is 0.305 e. The second kappa shape index (κ2) is 15.9. The van der Waals surface area contributed by atoms with E-state index in [1.165, 1.54) is 0 Å². The molecular weight excluding hydrogens is 444 g/mol. The number of aliphatic hydroxyl groups is 1. The van der Waals surface area contributed by atoms with E-state index < -0.39 is 12.0 Å². The highest BCUT2D eigenvalue weighted by Crippen LogP contribution is 2.21. The summed E-state index contributed by atoms with van der Waals surface area (Å²) in [5.41, 5.74) is 1.01. The maximum atomic E-state index is 13.2. The van der Waals surface area contributed by atoms with Crippen LogP contribution in [-0.4, -0.2) is 59.6 Å². The van der Waals surface area contributed by atoms with Crippen LogP contribution in [0.25, 0.3) is 0 Å². The quantitative estimate of drug-likeness (QED) is 0.212. The lowest BCUT2D eigenvalue weighted by Crippen LogP contribution is -2.45. The van der Waals surface area contributed by atoms with Crippen molar-refractivity contribution in [3.05, 3.63) is 61.2 Å². The molecule has 0 aliphatic carbocycles. The van der Waals surface area contributed by atoms with Gasteiger partial charge in [0.2, 0.25) is 11.8 Å². The molecule has 35 heavy (non-hydrogen) atoms. The zero-order chi connectivity index (χ0) is 25.5. The molecule has 2 amide bonds. The van der Waals surface area contributed by atoms with Crippen molar-refractivity contribution in [1.29, 1.82) is 0 Å². The highest BCUT2D eigenvalue weighted by molar-refractivity contribution is 5.86. The molecule has 1 aromatic carbocycles. The molecule has 2 N–H and O–H groups in total. The van der Waals surface area contributed by atoms with Crippen LogP contribution in [0.15, 0.2) is 55.6 Å². The number of ether oxygens (including phenoxy) is 1. The van der Waals surface area contributed by atoms with Gasteiger partial charge in [0.05, 0.1) is 24.6 Å². The first-order chi connectivity index (χ1) is 17.0. The molecule has 0 spiro atoms. The molecule has 1 heterocycles. The molecule has 192 valence electrons. The van der Waals surface area contributed by atoms with Gasteiger partial charge < -0.3 is 20.1 Å². The molecule has 7 nitrogen and oxygen atoms in total. The fourth-order valence-electron chi connectivity index (χ4n) is 4.36. The Hall–Kier alpha value is -2.93. The Balaban J connectivity index is 2.00. The number of hydrogen-bond donors (Lipinski definition) is 2. The Morgan fingerprint density at radius 1 is 1.17 bits per heavy atom. The van der Waals surface area contributed by atoms with Crippen molar-refractivity contribution in [2.24, 2.45) is 5.92 Å². The summed E-state index contributed by atoms with van der Waals surface area (Å²) >= 11 is 0. The molecule has 0 unspecified atom stereocenters. The lowest BCUT2D eigenvalue weighted by Gasteiger charge is -2.26. The number of carbonyl (C=O) groups is 3. The zero-order valence-corrected chi connectivity index (χ0v) is 20.7. The van der Waals surface area contributed by atoms with Crippen molar-refractivity contribution in [2.75, 3.05) is 19.8 Å². The number of hydrogen-bond acceptors (Lipinski definition) is 5. The molecule has 1 fully saturated rings. The molecule has 0 saturated carbocycles. The van der Waals surface area contributed by atoms with Crippen LogP contribution in [0.2, 0.25) is 0 Å². The second-order valence-corrected chi connectivity index (χ2v) is 9.10. The fourth-order valence-corrected chi connectivity index (χ4v) is 4.36. The van der Waals surface area contributed by atoms with E-state index in [9.17, 15) is 19.5 Å². The molecule has 1 aliphatic rings. The SMILES string of the molecule is C=CCCCCC(=O)OC[C@H](Cc1ccccc1)NC(=O)[C@H](CC=C)CC(=O)N1CCC[C@H]1CO. The van der Waals surface area contributed by atoms with Crippen LogP contribution in [0, 0.1) is 5.92 Å². The van der Waals surface area contributed by atoms with Gasteiger partial charge in [0.1, 0.15) is 6.61 Å². The van der Waals surface area contributed by atoms with Gasteiger partial charge in [0.15, 0.2) is 0 Å². The van der Waals surface area contributed by atoms with E-state index in [1.54, 1.807) is 11.0 Å². The second-order valence-electron chi connectivity index (χ2n) is 9.10. The van der Waals surface area contributed by atoms with Gasteiger partial charge in [-0.1, -0.05) is 42.5 Å². The topological polar surface area (TPSA) is 95.9 Å². The molecular formula is C28H40N2O5. The molecule has 1 saturated heterocycles. The van der Waals surface area contributed by atoms with Gasteiger partial charge in [-0.05, 0) is 50.5 Å².